The van der Waals surface area contributed by atoms with Crippen LogP contribution in [0.25, 0.3) is 6.08 Å². The van der Waals surface area contributed by atoms with Crippen LogP contribution in [0.2, 0.25) is 36.3 Å². The van der Waals surface area contributed by atoms with Gasteiger partial charge in [-0.25, -0.2) is 4.98 Å². The standard InChI is InChI=1S/C38H67NO6SSi2/c1-13-47(14-2,15-3)44-34-24-35(40)43-32(27(8)22-30-25-46-29(10)39-30)23-33-31(42-33)21-19-20-26(7)36(28(9)37(41)38(34,11)12)45-48(16-4,17-5)18-6/h22,25-26,28,31-34,36H,13-21,23-24H2,1-12H3/t26-,28+,31+,32-,33+,34-,36+/m1/s1. The summed E-state index contributed by atoms with van der Waals surface area (Å²) in [6.45, 7) is 25.7. The van der Waals surface area contributed by atoms with Crippen molar-refractivity contribution in [1.82, 2.24) is 4.98 Å². The maximum Gasteiger partial charge on any atom is 0.309 e. The lowest BCUT2D eigenvalue weighted by molar-refractivity contribution is -0.153. The zero-order valence-corrected chi connectivity index (χ0v) is 35.1. The quantitative estimate of drug-likeness (QED) is 0.121. The van der Waals surface area contributed by atoms with E-state index in [9.17, 15) is 9.59 Å². The number of hydrogen-bond acceptors (Lipinski definition) is 8. The predicted octanol–water partition coefficient (Wildman–Crippen LogP) is 10.1. The number of carbonyl (C=O) groups excluding carboxylic acids is 2. The van der Waals surface area contributed by atoms with Crippen molar-refractivity contribution in [3.63, 3.8) is 0 Å². The van der Waals surface area contributed by atoms with Crippen molar-refractivity contribution in [2.75, 3.05) is 0 Å². The highest BCUT2D eigenvalue weighted by molar-refractivity contribution is 7.09. The highest BCUT2D eigenvalue weighted by Crippen LogP contribution is 2.41. The van der Waals surface area contributed by atoms with Crippen LogP contribution in [-0.2, 0) is 27.9 Å². The number of Topliss-reactive ketones (excluding diaryl/α,β-unsaturated/α-hetero) is 1. The van der Waals surface area contributed by atoms with E-state index in [1.807, 2.05) is 39.2 Å². The number of aromatic nitrogens is 1. The molecule has 48 heavy (non-hydrogen) atoms. The molecular weight excluding hydrogens is 655 g/mol. The van der Waals surface area contributed by atoms with Crippen LogP contribution in [0.15, 0.2) is 11.0 Å². The third kappa shape index (κ3) is 10.2. The Hall–Kier alpha value is -1.18. The van der Waals surface area contributed by atoms with E-state index in [0.29, 0.717) is 6.42 Å². The van der Waals surface area contributed by atoms with Gasteiger partial charge >= 0.3 is 5.97 Å². The van der Waals surface area contributed by atoms with Gasteiger partial charge in [0.1, 0.15) is 11.9 Å². The number of carbonyl (C=O) groups is 2. The second-order valence-corrected chi connectivity index (χ2v) is 25.8. The number of fused-ring (bicyclic) bond motifs is 1. The van der Waals surface area contributed by atoms with Gasteiger partial charge in [0.25, 0.3) is 0 Å². The van der Waals surface area contributed by atoms with E-state index in [2.05, 4.69) is 60.4 Å². The maximum atomic E-state index is 14.9. The van der Waals surface area contributed by atoms with Gasteiger partial charge in [0, 0.05) is 23.1 Å². The molecule has 0 unspecified atom stereocenters. The molecule has 0 spiro atoms. The Labute approximate surface area is 298 Å². The van der Waals surface area contributed by atoms with Gasteiger partial charge in [-0.3, -0.25) is 9.59 Å². The molecule has 1 aromatic rings. The summed E-state index contributed by atoms with van der Waals surface area (Å²) in [6.07, 6.45) is 4.65. The number of rotatable bonds is 12. The van der Waals surface area contributed by atoms with E-state index < -0.39 is 34.3 Å². The number of nitrogens with zero attached hydrogens (tertiary/aromatic N) is 1. The average molecular weight is 722 g/mol. The van der Waals surface area contributed by atoms with Crippen molar-refractivity contribution >= 4 is 45.8 Å². The first-order valence-electron chi connectivity index (χ1n) is 19.0. The van der Waals surface area contributed by atoms with E-state index in [0.717, 1.165) is 71.8 Å². The number of esters is 1. The summed E-state index contributed by atoms with van der Waals surface area (Å²) in [5.41, 5.74) is 0.922. The molecule has 3 rings (SSSR count). The molecule has 0 radical (unpaired) electrons. The fourth-order valence-corrected chi connectivity index (χ4v) is 14.3. The van der Waals surface area contributed by atoms with E-state index in [1.54, 1.807) is 11.3 Å². The number of epoxide rings is 1. The summed E-state index contributed by atoms with van der Waals surface area (Å²) in [5, 5.41) is 3.03. The van der Waals surface area contributed by atoms with Crippen LogP contribution in [0, 0.1) is 24.2 Å². The molecule has 0 N–H and O–H groups in total. The molecule has 2 aliphatic heterocycles. The summed E-state index contributed by atoms with van der Waals surface area (Å²) in [6, 6.07) is 5.92. The Morgan fingerprint density at radius 3 is 2.08 bits per heavy atom. The summed E-state index contributed by atoms with van der Waals surface area (Å²) >= 11 is 1.61. The van der Waals surface area contributed by atoms with Crippen molar-refractivity contribution < 1.29 is 27.9 Å². The number of cyclic esters (lactones) is 1. The fourth-order valence-electron chi connectivity index (χ4n) is 7.75. The summed E-state index contributed by atoms with van der Waals surface area (Å²) in [4.78, 5) is 33.5. The van der Waals surface area contributed by atoms with E-state index >= 15 is 0 Å². The van der Waals surface area contributed by atoms with Crippen molar-refractivity contribution in [2.24, 2.45) is 17.3 Å². The van der Waals surface area contributed by atoms with Crippen LogP contribution >= 0.6 is 11.3 Å². The van der Waals surface area contributed by atoms with Crippen LogP contribution in [0.4, 0.5) is 0 Å². The van der Waals surface area contributed by atoms with E-state index in [-0.39, 0.29) is 48.3 Å². The van der Waals surface area contributed by atoms with Gasteiger partial charge in [0.05, 0.1) is 41.5 Å². The second kappa shape index (κ2) is 17.8. The zero-order valence-electron chi connectivity index (χ0n) is 32.3. The van der Waals surface area contributed by atoms with Crippen LogP contribution in [0.5, 0.6) is 0 Å². The molecule has 0 aromatic carbocycles. The summed E-state index contributed by atoms with van der Waals surface area (Å²) < 4.78 is 26.9. The van der Waals surface area contributed by atoms with Crippen LogP contribution in [0.1, 0.15) is 119 Å². The van der Waals surface area contributed by atoms with Gasteiger partial charge < -0.3 is 18.3 Å². The Balaban J connectivity index is 2.05. The molecule has 0 saturated carbocycles. The van der Waals surface area contributed by atoms with Crippen molar-refractivity contribution in [3.05, 3.63) is 21.7 Å². The molecule has 3 heterocycles. The van der Waals surface area contributed by atoms with Crippen LogP contribution in [-0.4, -0.2) is 63.9 Å². The molecule has 7 nitrogen and oxygen atoms in total. The maximum absolute atomic E-state index is 14.9. The Morgan fingerprint density at radius 2 is 1.54 bits per heavy atom. The first kappa shape index (κ1) is 41.2. The van der Waals surface area contributed by atoms with Crippen LogP contribution < -0.4 is 0 Å². The predicted molar refractivity (Wildman–Crippen MR) is 203 cm³/mol. The highest BCUT2D eigenvalue weighted by atomic mass is 32.1. The first-order valence-corrected chi connectivity index (χ1v) is 24.9. The lowest BCUT2D eigenvalue weighted by atomic mass is 9.73. The van der Waals surface area contributed by atoms with Gasteiger partial charge in [-0.2, -0.15) is 0 Å². The molecule has 0 amide bonds. The zero-order chi connectivity index (χ0) is 35.9. The second-order valence-electron chi connectivity index (χ2n) is 15.3. The summed E-state index contributed by atoms with van der Waals surface area (Å²) in [5.74, 6) is -0.307. The molecular formula is C38H67NO6SSi2. The van der Waals surface area contributed by atoms with Crippen molar-refractivity contribution in [3.8, 4) is 0 Å². The van der Waals surface area contributed by atoms with Gasteiger partial charge in [-0.15, -0.1) is 11.3 Å². The smallest absolute Gasteiger partial charge is 0.309 e. The van der Waals surface area contributed by atoms with E-state index in [4.69, 9.17) is 18.3 Å². The van der Waals surface area contributed by atoms with Gasteiger partial charge in [-0.05, 0) is 80.5 Å². The largest absolute Gasteiger partial charge is 0.458 e. The Kier molecular flexibility index (Phi) is 15.3. The fraction of sp³-hybridized carbons (Fsp3) is 0.816. The molecule has 2 saturated heterocycles. The number of hydrogen-bond donors (Lipinski definition) is 0. The molecule has 274 valence electrons. The molecule has 0 bridgehead atoms. The third-order valence-corrected chi connectivity index (χ3v) is 22.1. The third-order valence-electron chi connectivity index (χ3n) is 12.0. The topological polar surface area (TPSA) is 87.2 Å². The lowest BCUT2D eigenvalue weighted by Gasteiger charge is -2.44. The molecule has 2 fully saturated rings. The molecule has 10 heteroatoms. The molecule has 1 aromatic heterocycles. The Morgan fingerprint density at radius 1 is 0.958 bits per heavy atom. The number of ketones is 1. The number of aryl methyl sites for hydroxylation is 1. The van der Waals surface area contributed by atoms with Crippen molar-refractivity contribution in [2.45, 2.75) is 182 Å². The SMILES string of the molecule is CC[Si](CC)(CC)O[C@H]1[C@H](C)CCC[C@@H]2O[C@H]2C[C@H](C(C)=Cc2csc(C)n2)OC(=O)C[C@@H](O[Si](CC)(CC)CC)C(C)(C)C(=O)[C@H]1C. The average Bonchev–Trinajstić information content (AvgIpc) is 3.68. The Bertz CT molecular complexity index is 1210. The minimum atomic E-state index is -2.20. The number of ether oxygens (including phenoxy) is 2. The van der Waals surface area contributed by atoms with Gasteiger partial charge in [0.15, 0.2) is 16.6 Å². The van der Waals surface area contributed by atoms with Crippen LogP contribution in [0.3, 0.4) is 0 Å². The van der Waals surface area contributed by atoms with Gasteiger partial charge in [0.2, 0.25) is 0 Å². The minimum absolute atomic E-state index is 0.0351. The lowest BCUT2D eigenvalue weighted by Crippen LogP contribution is -2.53. The normalized spacial score (nSPS) is 29.8. The molecule has 7 atom stereocenters. The van der Waals surface area contributed by atoms with Crippen molar-refractivity contribution in [1.29, 1.82) is 0 Å². The van der Waals surface area contributed by atoms with Gasteiger partial charge in [-0.1, -0.05) is 75.7 Å². The molecule has 0 aliphatic carbocycles. The minimum Gasteiger partial charge on any atom is -0.458 e. The number of thiazole rings is 1. The summed E-state index contributed by atoms with van der Waals surface area (Å²) in [7, 11) is -4.21. The molecule has 2 aliphatic rings. The monoisotopic (exact) mass is 721 g/mol. The first-order chi connectivity index (χ1) is 22.6. The highest BCUT2D eigenvalue weighted by Gasteiger charge is 2.49. The van der Waals surface area contributed by atoms with E-state index in [1.165, 1.54) is 0 Å².